The van der Waals surface area contributed by atoms with Gasteiger partial charge in [0.1, 0.15) is 5.75 Å². The van der Waals surface area contributed by atoms with Crippen molar-refractivity contribution in [3.05, 3.63) is 48.0 Å². The normalized spacial score (nSPS) is 10.7. The zero-order chi connectivity index (χ0) is 19.3. The number of rotatable bonds is 6. The standard InChI is InChI=1S/C17H19N3O5S/c1-11(21)19-12-5-4-6-13(9-12)20-26(23,24)14-7-8-16(25-3)15(10-14)17(22)18-2/h4-10,20H,1-3H3,(H,18,22)(H,19,21). The Labute approximate surface area is 151 Å². The third-order valence-electron chi connectivity index (χ3n) is 3.39. The lowest BCUT2D eigenvalue weighted by Crippen LogP contribution is -2.20. The number of amides is 2. The van der Waals surface area contributed by atoms with Crippen LogP contribution in [0.1, 0.15) is 17.3 Å². The summed E-state index contributed by atoms with van der Waals surface area (Å²) in [6.07, 6.45) is 0. The Kier molecular flexibility index (Phi) is 5.83. The molecule has 0 saturated heterocycles. The molecule has 0 bridgehead atoms. The first-order valence-electron chi connectivity index (χ1n) is 7.57. The molecule has 0 aliphatic rings. The van der Waals surface area contributed by atoms with Crippen molar-refractivity contribution in [1.82, 2.24) is 5.32 Å². The molecule has 0 radical (unpaired) electrons. The fourth-order valence-electron chi connectivity index (χ4n) is 2.24. The fourth-order valence-corrected chi connectivity index (χ4v) is 3.32. The van der Waals surface area contributed by atoms with E-state index in [-0.39, 0.29) is 27.8 Å². The summed E-state index contributed by atoms with van der Waals surface area (Å²) in [6.45, 7) is 1.36. The topological polar surface area (TPSA) is 114 Å². The molecule has 0 fully saturated rings. The number of hydrogen-bond donors (Lipinski definition) is 3. The van der Waals surface area contributed by atoms with E-state index in [2.05, 4.69) is 15.4 Å². The van der Waals surface area contributed by atoms with E-state index in [1.165, 1.54) is 45.3 Å². The van der Waals surface area contributed by atoms with E-state index >= 15 is 0 Å². The molecule has 0 aliphatic carbocycles. The lowest BCUT2D eigenvalue weighted by molar-refractivity contribution is -0.114. The zero-order valence-corrected chi connectivity index (χ0v) is 15.3. The van der Waals surface area contributed by atoms with Gasteiger partial charge in [0.05, 0.1) is 23.3 Å². The number of carbonyl (C=O) groups excluding carboxylic acids is 2. The van der Waals surface area contributed by atoms with Crippen molar-refractivity contribution in [2.75, 3.05) is 24.2 Å². The van der Waals surface area contributed by atoms with Gasteiger partial charge in [0.25, 0.3) is 15.9 Å². The molecule has 2 amide bonds. The van der Waals surface area contributed by atoms with Crippen LogP contribution in [-0.4, -0.2) is 34.4 Å². The van der Waals surface area contributed by atoms with Crippen LogP contribution in [0.2, 0.25) is 0 Å². The van der Waals surface area contributed by atoms with Gasteiger partial charge in [-0.25, -0.2) is 8.42 Å². The number of anilines is 2. The van der Waals surface area contributed by atoms with Crippen molar-refractivity contribution in [2.45, 2.75) is 11.8 Å². The van der Waals surface area contributed by atoms with E-state index in [0.29, 0.717) is 5.69 Å². The number of ether oxygens (including phenoxy) is 1. The third kappa shape index (κ3) is 4.51. The minimum Gasteiger partial charge on any atom is -0.496 e. The third-order valence-corrected chi connectivity index (χ3v) is 4.77. The minimum atomic E-state index is -3.95. The fraction of sp³-hybridized carbons (Fsp3) is 0.176. The first-order valence-corrected chi connectivity index (χ1v) is 9.05. The predicted octanol–water partition coefficient (Wildman–Crippen LogP) is 1.81. The molecule has 3 N–H and O–H groups in total. The smallest absolute Gasteiger partial charge is 0.261 e. The van der Waals surface area contributed by atoms with Crippen LogP contribution < -0.4 is 20.1 Å². The highest BCUT2D eigenvalue weighted by Crippen LogP contribution is 2.25. The van der Waals surface area contributed by atoms with E-state index in [0.717, 1.165) is 0 Å². The summed E-state index contributed by atoms with van der Waals surface area (Å²) >= 11 is 0. The largest absolute Gasteiger partial charge is 0.496 e. The van der Waals surface area contributed by atoms with Gasteiger partial charge in [0.15, 0.2) is 0 Å². The highest BCUT2D eigenvalue weighted by Gasteiger charge is 2.19. The zero-order valence-electron chi connectivity index (χ0n) is 14.5. The number of benzene rings is 2. The molecular formula is C17H19N3O5S. The molecule has 0 saturated carbocycles. The Balaban J connectivity index is 2.36. The van der Waals surface area contributed by atoms with Gasteiger partial charge in [-0.15, -0.1) is 0 Å². The maximum absolute atomic E-state index is 12.6. The molecule has 26 heavy (non-hydrogen) atoms. The van der Waals surface area contributed by atoms with Gasteiger partial charge < -0.3 is 15.4 Å². The molecule has 8 nitrogen and oxygen atoms in total. The number of methoxy groups -OCH3 is 1. The van der Waals surface area contributed by atoms with E-state index in [1.54, 1.807) is 18.2 Å². The van der Waals surface area contributed by atoms with Crippen LogP contribution >= 0.6 is 0 Å². The van der Waals surface area contributed by atoms with Gasteiger partial charge in [0.2, 0.25) is 5.91 Å². The second-order valence-electron chi connectivity index (χ2n) is 5.31. The molecule has 0 spiro atoms. The number of sulfonamides is 1. The summed E-state index contributed by atoms with van der Waals surface area (Å²) in [5, 5.41) is 5.01. The van der Waals surface area contributed by atoms with Gasteiger partial charge in [-0.3, -0.25) is 14.3 Å². The molecule has 2 aromatic carbocycles. The van der Waals surface area contributed by atoms with Gasteiger partial charge >= 0.3 is 0 Å². The summed E-state index contributed by atoms with van der Waals surface area (Å²) in [4.78, 5) is 23.0. The summed E-state index contributed by atoms with van der Waals surface area (Å²) in [7, 11) is -1.12. The summed E-state index contributed by atoms with van der Waals surface area (Å²) in [6, 6.07) is 10.3. The highest BCUT2D eigenvalue weighted by molar-refractivity contribution is 7.92. The minimum absolute atomic E-state index is 0.0955. The molecule has 0 aliphatic heterocycles. The van der Waals surface area contributed by atoms with Crippen LogP contribution in [0.4, 0.5) is 11.4 Å². The molecule has 0 heterocycles. The van der Waals surface area contributed by atoms with Crippen molar-refractivity contribution in [3.63, 3.8) is 0 Å². The number of carbonyl (C=O) groups is 2. The van der Waals surface area contributed by atoms with Crippen molar-refractivity contribution in [1.29, 1.82) is 0 Å². The number of hydrogen-bond acceptors (Lipinski definition) is 5. The van der Waals surface area contributed by atoms with Crippen LogP contribution in [0.3, 0.4) is 0 Å². The van der Waals surface area contributed by atoms with Crippen molar-refractivity contribution >= 4 is 33.2 Å². The molecule has 0 unspecified atom stereocenters. The van der Waals surface area contributed by atoms with Gasteiger partial charge in [-0.05, 0) is 36.4 Å². The highest BCUT2D eigenvalue weighted by atomic mass is 32.2. The first kappa shape index (κ1) is 19.3. The van der Waals surface area contributed by atoms with Crippen LogP contribution in [0, 0.1) is 0 Å². The Morgan fingerprint density at radius 1 is 1.04 bits per heavy atom. The molecule has 0 atom stereocenters. The molecule has 9 heteroatoms. The van der Waals surface area contributed by atoms with E-state index in [9.17, 15) is 18.0 Å². The van der Waals surface area contributed by atoms with E-state index < -0.39 is 15.9 Å². The maximum Gasteiger partial charge on any atom is 0.261 e. The Bertz CT molecular complexity index is 941. The molecular weight excluding hydrogens is 358 g/mol. The Morgan fingerprint density at radius 3 is 2.35 bits per heavy atom. The molecule has 138 valence electrons. The first-order chi connectivity index (χ1) is 12.3. The summed E-state index contributed by atoms with van der Waals surface area (Å²) < 4.78 is 32.8. The lowest BCUT2D eigenvalue weighted by atomic mass is 10.2. The van der Waals surface area contributed by atoms with Gasteiger partial charge in [-0.2, -0.15) is 0 Å². The Hall–Kier alpha value is -3.07. The number of nitrogens with one attached hydrogen (secondary N) is 3. The average Bonchev–Trinajstić information content (AvgIpc) is 2.59. The van der Waals surface area contributed by atoms with Crippen LogP contribution in [-0.2, 0) is 14.8 Å². The van der Waals surface area contributed by atoms with Gasteiger partial charge in [-0.1, -0.05) is 6.07 Å². The van der Waals surface area contributed by atoms with Gasteiger partial charge in [0, 0.05) is 19.7 Å². The van der Waals surface area contributed by atoms with Crippen LogP contribution in [0.5, 0.6) is 5.75 Å². The van der Waals surface area contributed by atoms with Crippen molar-refractivity contribution < 1.29 is 22.7 Å². The lowest BCUT2D eigenvalue weighted by Gasteiger charge is -2.12. The molecule has 0 aromatic heterocycles. The van der Waals surface area contributed by atoms with Crippen molar-refractivity contribution in [2.24, 2.45) is 0 Å². The summed E-state index contributed by atoms with van der Waals surface area (Å²) in [5.41, 5.74) is 0.830. The second kappa shape index (κ2) is 7.87. The second-order valence-corrected chi connectivity index (χ2v) is 6.99. The maximum atomic E-state index is 12.6. The quantitative estimate of drug-likeness (QED) is 0.710. The monoisotopic (exact) mass is 377 g/mol. The Morgan fingerprint density at radius 2 is 1.73 bits per heavy atom. The predicted molar refractivity (Wildman–Crippen MR) is 97.9 cm³/mol. The summed E-state index contributed by atoms with van der Waals surface area (Å²) in [5.74, 6) is -0.474. The van der Waals surface area contributed by atoms with E-state index in [4.69, 9.17) is 4.74 Å². The molecule has 2 aromatic rings. The average molecular weight is 377 g/mol. The SMILES string of the molecule is CNC(=O)c1cc(S(=O)(=O)Nc2cccc(NC(C)=O)c2)ccc1OC. The van der Waals surface area contributed by atoms with Crippen LogP contribution in [0.25, 0.3) is 0 Å². The van der Waals surface area contributed by atoms with E-state index in [1.807, 2.05) is 0 Å². The molecule has 2 rings (SSSR count). The van der Waals surface area contributed by atoms with Crippen molar-refractivity contribution in [3.8, 4) is 5.75 Å². The van der Waals surface area contributed by atoms with Crippen LogP contribution in [0.15, 0.2) is 47.4 Å².